The second-order valence-electron chi connectivity index (χ2n) is 4.14. The Balaban J connectivity index is 2.05. The molecule has 0 amide bonds. The molecule has 2 heterocycles. The van der Waals surface area contributed by atoms with Crippen molar-refractivity contribution in [3.63, 3.8) is 0 Å². The van der Waals surface area contributed by atoms with Gasteiger partial charge in [-0.3, -0.25) is 0 Å². The molecule has 0 saturated carbocycles. The highest BCUT2D eigenvalue weighted by Gasteiger charge is 2.13. The van der Waals surface area contributed by atoms with Crippen LogP contribution in [0.15, 0.2) is 30.9 Å². The number of hydrogen-bond donors (Lipinski definition) is 1. The molecule has 0 saturated heterocycles. The van der Waals surface area contributed by atoms with E-state index in [-0.39, 0.29) is 5.52 Å². The topological polar surface area (TPSA) is 38.5 Å². The van der Waals surface area contributed by atoms with Crippen LogP contribution < -0.4 is 0 Å². The van der Waals surface area contributed by atoms with Crippen LogP contribution in [0.25, 0.3) is 11.0 Å². The van der Waals surface area contributed by atoms with Crippen molar-refractivity contribution in [2.45, 2.75) is 13.1 Å². The number of halogens is 2. The summed E-state index contributed by atoms with van der Waals surface area (Å²) in [6, 6.07) is 2.57. The summed E-state index contributed by atoms with van der Waals surface area (Å²) < 4.78 is 30.9. The molecule has 1 N–H and O–H groups in total. The summed E-state index contributed by atoms with van der Waals surface area (Å²) in [5, 5.41) is 0. The van der Waals surface area contributed by atoms with Crippen LogP contribution in [0.2, 0.25) is 0 Å². The third-order valence-electron chi connectivity index (χ3n) is 2.97. The predicted molar refractivity (Wildman–Crippen MR) is 69.3 cm³/mol. The lowest BCUT2D eigenvalue weighted by Gasteiger charge is -2.06. The molecule has 7 heteroatoms. The highest BCUT2D eigenvalue weighted by Crippen LogP contribution is 2.20. The molecular weight excluding hydrogens is 270 g/mol. The van der Waals surface area contributed by atoms with E-state index in [2.05, 4.69) is 9.97 Å². The Morgan fingerprint density at radius 2 is 2.11 bits per heavy atom. The number of benzene rings is 1. The van der Waals surface area contributed by atoms with Crippen molar-refractivity contribution in [3.05, 3.63) is 47.3 Å². The fourth-order valence-electron chi connectivity index (χ4n) is 2.04. The van der Waals surface area contributed by atoms with E-state index in [1.807, 2.05) is 4.57 Å². The van der Waals surface area contributed by atoms with Gasteiger partial charge in [0, 0.05) is 25.5 Å². The van der Waals surface area contributed by atoms with Crippen molar-refractivity contribution in [1.82, 2.24) is 19.1 Å². The number of aromatic nitrogens is 4. The summed E-state index contributed by atoms with van der Waals surface area (Å²) in [7, 11) is 0. The lowest BCUT2D eigenvalue weighted by molar-refractivity contribution is 0.506. The third-order valence-corrected chi connectivity index (χ3v) is 3.29. The van der Waals surface area contributed by atoms with E-state index in [1.54, 1.807) is 23.3 Å². The minimum Gasteiger partial charge on any atom is -0.336 e. The van der Waals surface area contributed by atoms with E-state index in [0.29, 0.717) is 23.4 Å². The van der Waals surface area contributed by atoms with E-state index < -0.39 is 11.6 Å². The van der Waals surface area contributed by atoms with Crippen LogP contribution in [-0.4, -0.2) is 19.1 Å². The number of fused-ring (bicyclic) bond motifs is 1. The van der Waals surface area contributed by atoms with Gasteiger partial charge in [-0.15, -0.1) is 0 Å². The van der Waals surface area contributed by atoms with Crippen molar-refractivity contribution in [3.8, 4) is 0 Å². The molecule has 3 rings (SSSR count). The number of nitrogens with one attached hydrogen (secondary N) is 1. The SMILES string of the molecule is Fc1ccc2[nH]c(=S)n(CCn3ccnc3)c2c1F. The summed E-state index contributed by atoms with van der Waals surface area (Å²) in [5.41, 5.74) is 0.666. The number of hydrogen-bond acceptors (Lipinski definition) is 2. The highest BCUT2D eigenvalue weighted by atomic mass is 32.1. The minimum absolute atomic E-state index is 0.171. The molecule has 3 aromatic rings. The lowest BCUT2D eigenvalue weighted by Crippen LogP contribution is -2.07. The molecule has 0 aliphatic heterocycles. The van der Waals surface area contributed by atoms with Gasteiger partial charge in [0.05, 0.1) is 11.8 Å². The fraction of sp³-hybridized carbons (Fsp3) is 0.167. The maximum Gasteiger partial charge on any atom is 0.184 e. The minimum atomic E-state index is -0.879. The van der Waals surface area contributed by atoms with E-state index in [0.717, 1.165) is 6.07 Å². The Kier molecular flexibility index (Phi) is 2.90. The summed E-state index contributed by atoms with van der Waals surface area (Å²) in [6.07, 6.45) is 5.12. The molecular formula is C12H10F2N4S. The van der Waals surface area contributed by atoms with Crippen molar-refractivity contribution in [1.29, 1.82) is 0 Å². The van der Waals surface area contributed by atoms with E-state index in [4.69, 9.17) is 12.2 Å². The molecule has 2 aromatic heterocycles. The third kappa shape index (κ3) is 2.06. The lowest BCUT2D eigenvalue weighted by atomic mass is 10.3. The number of H-pyrrole nitrogens is 1. The number of aryl methyl sites for hydroxylation is 2. The number of aromatic amines is 1. The fourth-order valence-corrected chi connectivity index (χ4v) is 2.33. The first kappa shape index (κ1) is 12.0. The second-order valence-corrected chi connectivity index (χ2v) is 4.53. The van der Waals surface area contributed by atoms with Crippen LogP contribution in [-0.2, 0) is 13.1 Å². The van der Waals surface area contributed by atoms with Gasteiger partial charge in [-0.05, 0) is 24.4 Å². The maximum absolute atomic E-state index is 13.9. The van der Waals surface area contributed by atoms with Gasteiger partial charge >= 0.3 is 0 Å². The second kappa shape index (κ2) is 4.58. The zero-order valence-electron chi connectivity index (χ0n) is 9.81. The summed E-state index contributed by atoms with van der Waals surface area (Å²) >= 11 is 5.14. The van der Waals surface area contributed by atoms with Gasteiger partial charge in [0.2, 0.25) is 0 Å². The van der Waals surface area contributed by atoms with E-state index in [1.165, 1.54) is 6.07 Å². The molecule has 19 heavy (non-hydrogen) atoms. The van der Waals surface area contributed by atoms with Gasteiger partial charge in [0.1, 0.15) is 5.52 Å². The molecule has 0 spiro atoms. The number of imidazole rings is 2. The summed E-state index contributed by atoms with van der Waals surface area (Å²) in [4.78, 5) is 6.80. The van der Waals surface area contributed by atoms with Crippen molar-refractivity contribution >= 4 is 23.3 Å². The van der Waals surface area contributed by atoms with E-state index in [9.17, 15) is 8.78 Å². The Morgan fingerprint density at radius 1 is 1.26 bits per heavy atom. The molecule has 0 fully saturated rings. The Hall–Kier alpha value is -2.02. The normalized spacial score (nSPS) is 11.3. The predicted octanol–water partition coefficient (Wildman–Crippen LogP) is 2.87. The zero-order valence-corrected chi connectivity index (χ0v) is 10.6. The monoisotopic (exact) mass is 280 g/mol. The maximum atomic E-state index is 13.9. The van der Waals surface area contributed by atoms with Crippen LogP contribution in [0.4, 0.5) is 8.78 Å². The van der Waals surface area contributed by atoms with Crippen molar-refractivity contribution in [2.24, 2.45) is 0 Å². The summed E-state index contributed by atoms with van der Waals surface area (Å²) in [6.45, 7) is 1.02. The molecule has 0 radical (unpaired) electrons. The highest BCUT2D eigenvalue weighted by molar-refractivity contribution is 7.71. The number of rotatable bonds is 3. The smallest absolute Gasteiger partial charge is 0.184 e. The van der Waals surface area contributed by atoms with Gasteiger partial charge in [0.15, 0.2) is 16.4 Å². The van der Waals surface area contributed by atoms with E-state index >= 15 is 0 Å². The van der Waals surface area contributed by atoms with Crippen LogP contribution >= 0.6 is 12.2 Å². The van der Waals surface area contributed by atoms with Crippen molar-refractivity contribution in [2.75, 3.05) is 0 Å². The van der Waals surface area contributed by atoms with Gasteiger partial charge in [-0.2, -0.15) is 0 Å². The van der Waals surface area contributed by atoms with Crippen LogP contribution in [0.3, 0.4) is 0 Å². The first-order chi connectivity index (χ1) is 9.16. The molecule has 4 nitrogen and oxygen atoms in total. The molecule has 0 aliphatic carbocycles. The van der Waals surface area contributed by atoms with Crippen LogP contribution in [0.1, 0.15) is 0 Å². The van der Waals surface area contributed by atoms with Gasteiger partial charge in [0.25, 0.3) is 0 Å². The number of nitrogens with zero attached hydrogens (tertiary/aromatic N) is 3. The summed E-state index contributed by atoms with van der Waals surface area (Å²) in [5.74, 6) is -1.76. The molecule has 0 unspecified atom stereocenters. The van der Waals surface area contributed by atoms with Gasteiger partial charge < -0.3 is 14.1 Å². The average Bonchev–Trinajstić information content (AvgIpc) is 2.99. The van der Waals surface area contributed by atoms with Crippen LogP contribution in [0, 0.1) is 16.4 Å². The zero-order chi connectivity index (χ0) is 13.4. The van der Waals surface area contributed by atoms with Gasteiger partial charge in [-0.25, -0.2) is 13.8 Å². The van der Waals surface area contributed by atoms with Crippen molar-refractivity contribution < 1.29 is 8.78 Å². The quantitative estimate of drug-likeness (QED) is 0.749. The molecule has 0 aliphatic rings. The first-order valence-electron chi connectivity index (χ1n) is 5.69. The molecule has 98 valence electrons. The Bertz CT molecular complexity index is 773. The molecule has 1 aromatic carbocycles. The Morgan fingerprint density at radius 3 is 2.84 bits per heavy atom. The Labute approximate surface area is 112 Å². The molecule has 0 atom stereocenters. The standard InChI is InChI=1S/C12H10F2N4S/c13-8-1-2-9-11(10(8)14)18(12(19)16-9)6-5-17-4-3-15-7-17/h1-4,7H,5-6H2,(H,16,19). The largest absolute Gasteiger partial charge is 0.336 e. The first-order valence-corrected chi connectivity index (χ1v) is 6.10. The van der Waals surface area contributed by atoms with Gasteiger partial charge in [-0.1, -0.05) is 0 Å². The average molecular weight is 280 g/mol. The van der Waals surface area contributed by atoms with Crippen LogP contribution in [0.5, 0.6) is 0 Å². The molecule has 0 bridgehead atoms.